The number of hydrogen-bond donors (Lipinski definition) is 2. The first-order valence-electron chi connectivity index (χ1n) is 9.91. The van der Waals surface area contributed by atoms with E-state index in [9.17, 15) is 0 Å². The standard InChI is InChI=1S/C21H25BrN6O/c1-12-18(13(2)27-26-12)11-28(3)15-6-4-14(5-7-15)25-21-20(22)17-8-16(9-23)29-19(17)10-24-21/h8,10,14-15H,4-7,11H2,1-3H3,(H,24,25)(H,26,27). The molecule has 8 heteroatoms. The summed E-state index contributed by atoms with van der Waals surface area (Å²) in [5, 5.41) is 20.9. The second kappa shape index (κ2) is 8.17. The van der Waals surface area contributed by atoms with Gasteiger partial charge in [-0.05, 0) is 62.5 Å². The fourth-order valence-corrected chi connectivity index (χ4v) is 4.70. The zero-order valence-corrected chi connectivity index (χ0v) is 18.5. The van der Waals surface area contributed by atoms with E-state index < -0.39 is 0 Å². The smallest absolute Gasteiger partial charge is 0.204 e. The predicted molar refractivity (Wildman–Crippen MR) is 116 cm³/mol. The number of anilines is 1. The van der Waals surface area contributed by atoms with Gasteiger partial charge in [0.2, 0.25) is 5.76 Å². The first kappa shape index (κ1) is 19.9. The van der Waals surface area contributed by atoms with Crippen molar-refractivity contribution in [1.29, 1.82) is 5.26 Å². The monoisotopic (exact) mass is 456 g/mol. The van der Waals surface area contributed by atoms with Gasteiger partial charge in [-0.15, -0.1) is 0 Å². The molecule has 0 radical (unpaired) electrons. The molecule has 29 heavy (non-hydrogen) atoms. The minimum absolute atomic E-state index is 0.297. The van der Waals surface area contributed by atoms with Crippen molar-refractivity contribution in [3.63, 3.8) is 0 Å². The van der Waals surface area contributed by atoms with Gasteiger partial charge in [-0.25, -0.2) is 4.98 Å². The Morgan fingerprint density at radius 1 is 1.34 bits per heavy atom. The largest absolute Gasteiger partial charge is 0.444 e. The molecule has 2 N–H and O–H groups in total. The summed E-state index contributed by atoms with van der Waals surface area (Å²) in [6.07, 6.45) is 6.17. The van der Waals surface area contributed by atoms with E-state index in [1.165, 1.54) is 5.56 Å². The van der Waals surface area contributed by atoms with E-state index >= 15 is 0 Å². The molecule has 3 aromatic heterocycles. The highest BCUT2D eigenvalue weighted by Gasteiger charge is 2.26. The molecule has 0 spiro atoms. The van der Waals surface area contributed by atoms with Crippen molar-refractivity contribution in [2.45, 2.75) is 58.2 Å². The number of pyridine rings is 1. The van der Waals surface area contributed by atoms with Gasteiger partial charge >= 0.3 is 0 Å². The maximum absolute atomic E-state index is 9.04. The lowest BCUT2D eigenvalue weighted by molar-refractivity contribution is 0.179. The van der Waals surface area contributed by atoms with E-state index in [1.807, 2.05) is 6.07 Å². The third-order valence-corrected chi connectivity index (χ3v) is 6.78. The van der Waals surface area contributed by atoms with Gasteiger partial charge in [-0.3, -0.25) is 10.00 Å². The number of nitrogens with one attached hydrogen (secondary N) is 2. The molecule has 1 fully saturated rings. The van der Waals surface area contributed by atoms with Crippen LogP contribution in [-0.2, 0) is 6.54 Å². The number of nitriles is 1. The van der Waals surface area contributed by atoms with Crippen LogP contribution in [0.3, 0.4) is 0 Å². The molecular formula is C21H25BrN6O. The molecule has 4 rings (SSSR count). The molecule has 3 aromatic rings. The first-order chi connectivity index (χ1) is 14.0. The van der Waals surface area contributed by atoms with Crippen molar-refractivity contribution in [3.05, 3.63) is 39.4 Å². The van der Waals surface area contributed by atoms with Crippen molar-refractivity contribution in [2.24, 2.45) is 0 Å². The van der Waals surface area contributed by atoms with Gasteiger partial charge in [0.25, 0.3) is 0 Å². The SMILES string of the molecule is Cc1n[nH]c(C)c1CN(C)C1CCC(Nc2ncc3oc(C#N)cc3c2Br)CC1. The van der Waals surface area contributed by atoms with Crippen LogP contribution in [0.2, 0.25) is 0 Å². The van der Waals surface area contributed by atoms with E-state index in [2.05, 4.69) is 62.2 Å². The highest BCUT2D eigenvalue weighted by molar-refractivity contribution is 9.10. The van der Waals surface area contributed by atoms with Crippen LogP contribution in [0.4, 0.5) is 5.82 Å². The van der Waals surface area contributed by atoms with Crippen molar-refractivity contribution < 1.29 is 4.42 Å². The van der Waals surface area contributed by atoms with Gasteiger partial charge in [-0.2, -0.15) is 10.4 Å². The lowest BCUT2D eigenvalue weighted by atomic mass is 9.90. The van der Waals surface area contributed by atoms with Crippen LogP contribution in [0.15, 0.2) is 21.2 Å². The summed E-state index contributed by atoms with van der Waals surface area (Å²) in [5.41, 5.74) is 4.19. The summed E-state index contributed by atoms with van der Waals surface area (Å²) in [5.74, 6) is 1.11. The normalized spacial score (nSPS) is 19.6. The van der Waals surface area contributed by atoms with Crippen molar-refractivity contribution in [2.75, 3.05) is 12.4 Å². The summed E-state index contributed by atoms with van der Waals surface area (Å²) < 4.78 is 6.30. The van der Waals surface area contributed by atoms with Crippen LogP contribution in [-0.4, -0.2) is 39.2 Å². The Hall–Kier alpha value is -2.37. The molecule has 0 aromatic carbocycles. The number of hydrogen-bond acceptors (Lipinski definition) is 6. The average Bonchev–Trinajstić information content (AvgIpc) is 3.29. The van der Waals surface area contributed by atoms with Gasteiger partial charge in [0.05, 0.1) is 16.4 Å². The highest BCUT2D eigenvalue weighted by Crippen LogP contribution is 2.33. The number of aromatic nitrogens is 3. The molecule has 1 saturated carbocycles. The fourth-order valence-electron chi connectivity index (χ4n) is 4.18. The Bertz CT molecular complexity index is 1040. The third-order valence-electron chi connectivity index (χ3n) is 5.98. The topological polar surface area (TPSA) is 93.8 Å². The van der Waals surface area contributed by atoms with Crippen LogP contribution in [0.25, 0.3) is 11.0 Å². The Kier molecular flexibility index (Phi) is 5.61. The summed E-state index contributed by atoms with van der Waals surface area (Å²) in [4.78, 5) is 6.94. The van der Waals surface area contributed by atoms with Gasteiger partial charge in [0.15, 0.2) is 5.58 Å². The highest BCUT2D eigenvalue weighted by atomic mass is 79.9. The number of furan rings is 1. The Morgan fingerprint density at radius 3 is 2.76 bits per heavy atom. The minimum Gasteiger partial charge on any atom is -0.444 e. The molecule has 0 bridgehead atoms. The number of aromatic amines is 1. The molecule has 0 saturated heterocycles. The molecule has 0 aliphatic heterocycles. The number of H-pyrrole nitrogens is 1. The number of rotatable bonds is 5. The third kappa shape index (κ3) is 4.02. The van der Waals surface area contributed by atoms with Crippen LogP contribution in [0.1, 0.15) is 48.4 Å². The van der Waals surface area contributed by atoms with E-state index in [1.54, 1.807) is 12.3 Å². The lowest BCUT2D eigenvalue weighted by Crippen LogP contribution is -2.38. The van der Waals surface area contributed by atoms with E-state index in [0.717, 1.165) is 59.3 Å². The van der Waals surface area contributed by atoms with E-state index in [4.69, 9.17) is 9.68 Å². The van der Waals surface area contributed by atoms with Crippen LogP contribution in [0.5, 0.6) is 0 Å². The maximum atomic E-state index is 9.04. The molecule has 1 aliphatic rings. The van der Waals surface area contributed by atoms with Gasteiger partial charge in [0.1, 0.15) is 11.9 Å². The molecule has 0 amide bonds. The van der Waals surface area contributed by atoms with Gasteiger partial charge < -0.3 is 9.73 Å². The van der Waals surface area contributed by atoms with Crippen molar-refractivity contribution >= 4 is 32.7 Å². The van der Waals surface area contributed by atoms with E-state index in [-0.39, 0.29) is 0 Å². The van der Waals surface area contributed by atoms with Crippen molar-refractivity contribution in [3.8, 4) is 6.07 Å². The minimum atomic E-state index is 0.297. The molecule has 7 nitrogen and oxygen atoms in total. The summed E-state index contributed by atoms with van der Waals surface area (Å²) in [6.45, 7) is 5.09. The summed E-state index contributed by atoms with van der Waals surface area (Å²) >= 11 is 3.62. The molecule has 1 aliphatic carbocycles. The number of aryl methyl sites for hydroxylation is 2. The number of halogens is 1. The van der Waals surface area contributed by atoms with Crippen molar-refractivity contribution in [1.82, 2.24) is 20.1 Å². The molecule has 0 atom stereocenters. The molecular weight excluding hydrogens is 432 g/mol. The van der Waals surface area contributed by atoms with Crippen LogP contribution in [0, 0.1) is 25.2 Å². The number of nitrogens with zero attached hydrogens (tertiary/aromatic N) is 4. The molecule has 0 unspecified atom stereocenters. The zero-order valence-electron chi connectivity index (χ0n) is 16.9. The molecule has 3 heterocycles. The van der Waals surface area contributed by atoms with Crippen LogP contribution >= 0.6 is 15.9 Å². The quantitative estimate of drug-likeness (QED) is 0.579. The molecule has 152 valence electrons. The van der Waals surface area contributed by atoms with Gasteiger partial charge in [-0.1, -0.05) is 0 Å². The average molecular weight is 457 g/mol. The second-order valence-corrected chi connectivity index (χ2v) is 8.69. The van der Waals surface area contributed by atoms with Gasteiger partial charge in [0, 0.05) is 41.3 Å². The Morgan fingerprint density at radius 2 is 2.10 bits per heavy atom. The summed E-state index contributed by atoms with van der Waals surface area (Å²) in [7, 11) is 2.21. The Balaban J connectivity index is 1.37. The number of fused-ring (bicyclic) bond motifs is 1. The lowest BCUT2D eigenvalue weighted by Gasteiger charge is -2.35. The van der Waals surface area contributed by atoms with Crippen LogP contribution < -0.4 is 5.32 Å². The predicted octanol–water partition coefficient (Wildman–Crippen LogP) is 4.66. The zero-order chi connectivity index (χ0) is 20.5. The maximum Gasteiger partial charge on any atom is 0.204 e. The second-order valence-electron chi connectivity index (χ2n) is 7.90. The first-order valence-corrected chi connectivity index (χ1v) is 10.7. The van der Waals surface area contributed by atoms with E-state index in [0.29, 0.717) is 23.4 Å². The Labute approximate surface area is 178 Å². The summed E-state index contributed by atoms with van der Waals surface area (Å²) in [6, 6.07) is 4.75. The fraction of sp³-hybridized carbons (Fsp3) is 0.476.